The number of amides is 1. The minimum absolute atomic E-state index is 0.00390. The van der Waals surface area contributed by atoms with E-state index in [1.165, 1.54) is 13.0 Å². The van der Waals surface area contributed by atoms with E-state index in [0.717, 1.165) is 25.0 Å². The molecule has 1 heterocycles. The topological polar surface area (TPSA) is 32.3 Å². The van der Waals surface area contributed by atoms with E-state index in [1.54, 1.807) is 6.07 Å². The molecule has 6 heteroatoms. The van der Waals surface area contributed by atoms with Gasteiger partial charge in [-0.2, -0.15) is 13.2 Å². The number of alkyl halides is 3. The minimum atomic E-state index is -4.33. The monoisotopic (exact) mass is 286 g/mol. The molecular formula is C14H17F3N2O. The SMILES string of the molecule is CC(=O)NC1CCCN(c2cccc(C(F)(F)F)c2)C1. The van der Waals surface area contributed by atoms with Gasteiger partial charge in [-0.1, -0.05) is 6.07 Å². The number of anilines is 1. The van der Waals surface area contributed by atoms with Crippen molar-refractivity contribution in [3.8, 4) is 0 Å². The van der Waals surface area contributed by atoms with Crippen LogP contribution >= 0.6 is 0 Å². The van der Waals surface area contributed by atoms with E-state index >= 15 is 0 Å². The molecule has 1 saturated heterocycles. The first-order valence-electron chi connectivity index (χ1n) is 6.55. The van der Waals surface area contributed by atoms with Crippen LogP contribution in [0.5, 0.6) is 0 Å². The standard InChI is InChI=1S/C14H17F3N2O/c1-10(20)18-12-5-3-7-19(9-12)13-6-2-4-11(8-13)14(15,16)17/h2,4,6,8,12H,3,5,7,9H2,1H3,(H,18,20). The van der Waals surface area contributed by atoms with E-state index in [1.807, 2.05) is 4.90 Å². The molecule has 1 N–H and O–H groups in total. The predicted molar refractivity (Wildman–Crippen MR) is 70.5 cm³/mol. The fourth-order valence-electron chi connectivity index (χ4n) is 2.50. The van der Waals surface area contributed by atoms with Crippen LogP contribution in [0.4, 0.5) is 18.9 Å². The maximum atomic E-state index is 12.7. The second-order valence-corrected chi connectivity index (χ2v) is 5.03. The Kier molecular flexibility index (Phi) is 4.20. The molecule has 1 fully saturated rings. The number of carbonyl (C=O) groups excluding carboxylic acids is 1. The van der Waals surface area contributed by atoms with Gasteiger partial charge in [-0.25, -0.2) is 0 Å². The third kappa shape index (κ3) is 3.65. The summed E-state index contributed by atoms with van der Waals surface area (Å²) in [7, 11) is 0. The van der Waals surface area contributed by atoms with E-state index < -0.39 is 11.7 Å². The molecule has 0 bridgehead atoms. The fraction of sp³-hybridized carbons (Fsp3) is 0.500. The summed E-state index contributed by atoms with van der Waals surface area (Å²) < 4.78 is 38.1. The largest absolute Gasteiger partial charge is 0.416 e. The Balaban J connectivity index is 2.13. The van der Waals surface area contributed by atoms with E-state index in [4.69, 9.17) is 0 Å². The summed E-state index contributed by atoms with van der Waals surface area (Å²) in [5.74, 6) is -0.110. The average Bonchev–Trinajstić information content (AvgIpc) is 2.37. The van der Waals surface area contributed by atoms with Crippen LogP contribution in [-0.2, 0) is 11.0 Å². The smallest absolute Gasteiger partial charge is 0.369 e. The lowest BCUT2D eigenvalue weighted by Crippen LogP contribution is -2.47. The van der Waals surface area contributed by atoms with Gasteiger partial charge in [0.05, 0.1) is 5.56 Å². The summed E-state index contributed by atoms with van der Waals surface area (Å²) in [5.41, 5.74) is -0.0912. The quantitative estimate of drug-likeness (QED) is 0.906. The molecule has 20 heavy (non-hydrogen) atoms. The first-order valence-corrected chi connectivity index (χ1v) is 6.55. The van der Waals surface area contributed by atoms with Gasteiger partial charge in [0.25, 0.3) is 0 Å². The van der Waals surface area contributed by atoms with Crippen LogP contribution in [0.1, 0.15) is 25.3 Å². The Bertz CT molecular complexity index is 488. The zero-order chi connectivity index (χ0) is 14.8. The van der Waals surface area contributed by atoms with Gasteiger partial charge in [0.15, 0.2) is 0 Å². The van der Waals surface area contributed by atoms with Gasteiger partial charge in [0, 0.05) is 31.7 Å². The maximum absolute atomic E-state index is 12.7. The van der Waals surface area contributed by atoms with E-state index in [2.05, 4.69) is 5.32 Å². The molecule has 0 spiro atoms. The highest BCUT2D eigenvalue weighted by atomic mass is 19.4. The second kappa shape index (κ2) is 5.73. The molecule has 0 aliphatic carbocycles. The minimum Gasteiger partial charge on any atom is -0.369 e. The van der Waals surface area contributed by atoms with Crippen molar-refractivity contribution >= 4 is 11.6 Å². The van der Waals surface area contributed by atoms with Gasteiger partial charge in [0.2, 0.25) is 5.91 Å². The van der Waals surface area contributed by atoms with Crippen molar-refractivity contribution in [3.63, 3.8) is 0 Å². The molecule has 1 aliphatic rings. The molecule has 0 aromatic heterocycles. The van der Waals surface area contributed by atoms with E-state index in [9.17, 15) is 18.0 Å². The van der Waals surface area contributed by atoms with Crippen molar-refractivity contribution < 1.29 is 18.0 Å². The van der Waals surface area contributed by atoms with Crippen LogP contribution in [0, 0.1) is 0 Å². The number of halogens is 3. The van der Waals surface area contributed by atoms with Gasteiger partial charge < -0.3 is 10.2 Å². The summed E-state index contributed by atoms with van der Waals surface area (Å²) in [6.45, 7) is 2.70. The summed E-state index contributed by atoms with van der Waals surface area (Å²) in [6, 6.07) is 5.32. The van der Waals surface area contributed by atoms with Crippen LogP contribution in [0.15, 0.2) is 24.3 Å². The lowest BCUT2D eigenvalue weighted by Gasteiger charge is -2.34. The van der Waals surface area contributed by atoms with Gasteiger partial charge in [-0.3, -0.25) is 4.79 Å². The maximum Gasteiger partial charge on any atom is 0.416 e. The Hall–Kier alpha value is -1.72. The summed E-state index contributed by atoms with van der Waals surface area (Å²) >= 11 is 0. The van der Waals surface area contributed by atoms with Crippen LogP contribution < -0.4 is 10.2 Å². The molecule has 0 saturated carbocycles. The first kappa shape index (κ1) is 14.7. The number of benzene rings is 1. The Morgan fingerprint density at radius 2 is 2.15 bits per heavy atom. The number of piperidine rings is 1. The fourth-order valence-corrected chi connectivity index (χ4v) is 2.50. The molecule has 0 radical (unpaired) electrons. The summed E-state index contributed by atoms with van der Waals surface area (Å²) in [5, 5.41) is 2.82. The van der Waals surface area contributed by atoms with Crippen molar-refractivity contribution in [3.05, 3.63) is 29.8 Å². The van der Waals surface area contributed by atoms with Gasteiger partial charge >= 0.3 is 6.18 Å². The molecule has 1 aromatic carbocycles. The van der Waals surface area contributed by atoms with Crippen molar-refractivity contribution in [2.45, 2.75) is 32.0 Å². The van der Waals surface area contributed by atoms with Crippen LogP contribution in [0.3, 0.4) is 0 Å². The van der Waals surface area contributed by atoms with Gasteiger partial charge in [0.1, 0.15) is 0 Å². The molecule has 1 atom stereocenters. The molecule has 3 nitrogen and oxygen atoms in total. The highest BCUT2D eigenvalue weighted by Crippen LogP contribution is 2.32. The lowest BCUT2D eigenvalue weighted by atomic mass is 10.0. The summed E-state index contributed by atoms with van der Waals surface area (Å²) in [6.07, 6.45) is -2.63. The van der Waals surface area contributed by atoms with Crippen LogP contribution in [-0.4, -0.2) is 25.0 Å². The second-order valence-electron chi connectivity index (χ2n) is 5.03. The molecule has 2 rings (SSSR count). The number of carbonyl (C=O) groups is 1. The zero-order valence-electron chi connectivity index (χ0n) is 11.2. The Morgan fingerprint density at radius 3 is 2.80 bits per heavy atom. The number of rotatable bonds is 2. The third-order valence-corrected chi connectivity index (χ3v) is 3.37. The highest BCUT2D eigenvalue weighted by Gasteiger charge is 2.31. The van der Waals surface area contributed by atoms with E-state index in [-0.39, 0.29) is 11.9 Å². The number of nitrogens with zero attached hydrogens (tertiary/aromatic N) is 1. The Morgan fingerprint density at radius 1 is 1.40 bits per heavy atom. The zero-order valence-corrected chi connectivity index (χ0v) is 11.2. The van der Waals surface area contributed by atoms with Gasteiger partial charge in [-0.05, 0) is 31.0 Å². The van der Waals surface area contributed by atoms with Crippen LogP contribution in [0.2, 0.25) is 0 Å². The molecular weight excluding hydrogens is 269 g/mol. The lowest BCUT2D eigenvalue weighted by molar-refractivity contribution is -0.137. The first-order chi connectivity index (χ1) is 9.36. The molecule has 1 amide bonds. The van der Waals surface area contributed by atoms with Crippen molar-refractivity contribution in [1.29, 1.82) is 0 Å². The average molecular weight is 286 g/mol. The van der Waals surface area contributed by atoms with Crippen molar-refractivity contribution in [1.82, 2.24) is 5.32 Å². The molecule has 110 valence electrons. The number of hydrogen-bond donors (Lipinski definition) is 1. The van der Waals surface area contributed by atoms with Crippen molar-refractivity contribution in [2.24, 2.45) is 0 Å². The Labute approximate surface area is 115 Å². The van der Waals surface area contributed by atoms with Crippen molar-refractivity contribution in [2.75, 3.05) is 18.0 Å². The molecule has 1 aliphatic heterocycles. The van der Waals surface area contributed by atoms with Crippen LogP contribution in [0.25, 0.3) is 0 Å². The molecule has 1 unspecified atom stereocenters. The normalized spacial score (nSPS) is 19.8. The number of nitrogens with one attached hydrogen (secondary N) is 1. The molecule has 1 aromatic rings. The summed E-state index contributed by atoms with van der Waals surface area (Å²) in [4.78, 5) is 13.0. The predicted octanol–water partition coefficient (Wildman–Crippen LogP) is 2.81. The highest BCUT2D eigenvalue weighted by molar-refractivity contribution is 5.73. The third-order valence-electron chi connectivity index (χ3n) is 3.37. The number of hydrogen-bond acceptors (Lipinski definition) is 2. The van der Waals surface area contributed by atoms with Gasteiger partial charge in [-0.15, -0.1) is 0 Å². The van der Waals surface area contributed by atoms with E-state index in [0.29, 0.717) is 18.8 Å².